The summed E-state index contributed by atoms with van der Waals surface area (Å²) in [5.41, 5.74) is 9.20. The molecular formula is C18H19N3S. The molecule has 0 fully saturated rings. The molecule has 3 rings (SSSR count). The maximum absolute atomic E-state index is 5.80. The Hall–Kier alpha value is -2.20. The lowest BCUT2D eigenvalue weighted by Gasteiger charge is -2.14. The molecule has 0 aliphatic heterocycles. The van der Waals surface area contributed by atoms with Gasteiger partial charge in [-0.25, -0.2) is 4.98 Å². The number of rotatable bonds is 5. The van der Waals surface area contributed by atoms with Gasteiger partial charge >= 0.3 is 0 Å². The number of benzene rings is 2. The van der Waals surface area contributed by atoms with Crippen molar-refractivity contribution in [3.63, 3.8) is 0 Å². The van der Waals surface area contributed by atoms with Gasteiger partial charge in [-0.05, 0) is 17.7 Å². The molecule has 0 amide bonds. The molecule has 1 atom stereocenters. The molecule has 0 bridgehead atoms. The minimum Gasteiger partial charge on any atom is -0.393 e. The molecule has 0 saturated carbocycles. The highest BCUT2D eigenvalue weighted by Crippen LogP contribution is 2.20. The molecule has 1 aromatic heterocycles. The van der Waals surface area contributed by atoms with E-state index in [-0.39, 0.29) is 5.92 Å². The number of nitrogens with zero attached hydrogens (tertiary/aromatic N) is 2. The van der Waals surface area contributed by atoms with E-state index >= 15 is 0 Å². The summed E-state index contributed by atoms with van der Waals surface area (Å²) in [7, 11) is 0. The van der Waals surface area contributed by atoms with Crippen molar-refractivity contribution in [2.45, 2.75) is 19.9 Å². The fourth-order valence-corrected chi connectivity index (χ4v) is 2.68. The van der Waals surface area contributed by atoms with Crippen LogP contribution in [0.25, 0.3) is 11.0 Å². The summed E-state index contributed by atoms with van der Waals surface area (Å²) in [4.78, 5) is 5.34. The zero-order valence-corrected chi connectivity index (χ0v) is 13.4. The third kappa shape index (κ3) is 3.02. The normalized spacial score (nSPS) is 12.4. The quantitative estimate of drug-likeness (QED) is 0.733. The van der Waals surface area contributed by atoms with Gasteiger partial charge < -0.3 is 10.3 Å². The van der Waals surface area contributed by atoms with Crippen LogP contribution in [0.15, 0.2) is 54.6 Å². The monoisotopic (exact) mass is 309 g/mol. The van der Waals surface area contributed by atoms with Crippen LogP contribution >= 0.6 is 12.2 Å². The maximum atomic E-state index is 5.80. The lowest BCUT2D eigenvalue weighted by molar-refractivity contribution is 0.592. The summed E-state index contributed by atoms with van der Waals surface area (Å²) < 4.78 is 2.24. The number of hydrogen-bond donors (Lipinski definition) is 1. The lowest BCUT2D eigenvalue weighted by Crippen LogP contribution is -2.23. The number of hydrogen-bond acceptors (Lipinski definition) is 2. The van der Waals surface area contributed by atoms with Gasteiger partial charge in [0.05, 0.1) is 16.0 Å². The van der Waals surface area contributed by atoms with Gasteiger partial charge in [0.25, 0.3) is 0 Å². The van der Waals surface area contributed by atoms with E-state index in [4.69, 9.17) is 22.9 Å². The maximum Gasteiger partial charge on any atom is 0.114 e. The molecule has 22 heavy (non-hydrogen) atoms. The number of fused-ring (bicyclic) bond motifs is 1. The fourth-order valence-electron chi connectivity index (χ4n) is 2.61. The van der Waals surface area contributed by atoms with Crippen molar-refractivity contribution in [1.82, 2.24) is 9.55 Å². The molecule has 0 aliphatic rings. The van der Waals surface area contributed by atoms with E-state index < -0.39 is 0 Å². The molecule has 3 aromatic rings. The molecule has 2 aromatic carbocycles. The Kier molecular flexibility index (Phi) is 4.20. The van der Waals surface area contributed by atoms with Crippen LogP contribution < -0.4 is 5.73 Å². The molecule has 1 unspecified atom stereocenters. The second-order valence-corrected chi connectivity index (χ2v) is 6.06. The van der Waals surface area contributed by atoms with Gasteiger partial charge in [0.15, 0.2) is 0 Å². The SMILES string of the molecule is CC(Cn1c(Cc2ccccc2)nc2ccccc21)C(N)=S. The zero-order valence-electron chi connectivity index (χ0n) is 12.6. The smallest absolute Gasteiger partial charge is 0.114 e. The minimum absolute atomic E-state index is 0.141. The summed E-state index contributed by atoms with van der Waals surface area (Å²) >= 11 is 5.13. The first-order valence-electron chi connectivity index (χ1n) is 7.42. The molecule has 2 N–H and O–H groups in total. The number of thiocarbonyl (C=S) groups is 1. The second-order valence-electron chi connectivity index (χ2n) is 5.59. The Bertz CT molecular complexity index is 792. The highest BCUT2D eigenvalue weighted by Gasteiger charge is 2.14. The Morgan fingerprint density at radius 2 is 1.82 bits per heavy atom. The Labute approximate surface area is 135 Å². The highest BCUT2D eigenvalue weighted by atomic mass is 32.1. The minimum atomic E-state index is 0.141. The van der Waals surface area contributed by atoms with Crippen molar-refractivity contribution in [3.05, 3.63) is 66.0 Å². The molecule has 3 nitrogen and oxygen atoms in total. The van der Waals surface area contributed by atoms with Crippen LogP contribution in [0.5, 0.6) is 0 Å². The standard InChI is InChI=1S/C18H19N3S/c1-13(18(19)22)12-21-16-10-6-5-9-15(16)20-17(21)11-14-7-3-2-4-8-14/h2-10,13H,11-12H2,1H3,(H2,19,22). The summed E-state index contributed by atoms with van der Waals surface area (Å²) in [5, 5.41) is 0. The van der Waals surface area contributed by atoms with Gasteiger partial charge in [0.2, 0.25) is 0 Å². The van der Waals surface area contributed by atoms with E-state index in [2.05, 4.69) is 41.8 Å². The summed E-state index contributed by atoms with van der Waals surface area (Å²) in [6, 6.07) is 18.6. The van der Waals surface area contributed by atoms with Gasteiger partial charge in [0.1, 0.15) is 5.82 Å². The summed E-state index contributed by atoms with van der Waals surface area (Å²) in [6.45, 7) is 2.82. The molecule has 112 valence electrons. The van der Waals surface area contributed by atoms with Crippen LogP contribution in [0.1, 0.15) is 18.3 Å². The number of nitrogens with two attached hydrogens (primary N) is 1. The van der Waals surface area contributed by atoms with E-state index in [1.165, 1.54) is 5.56 Å². The number of imidazole rings is 1. The van der Waals surface area contributed by atoms with Crippen LogP contribution in [-0.4, -0.2) is 14.5 Å². The predicted octanol–water partition coefficient (Wildman–Crippen LogP) is 3.55. The topological polar surface area (TPSA) is 43.8 Å². The third-order valence-electron chi connectivity index (χ3n) is 3.88. The van der Waals surface area contributed by atoms with Crippen LogP contribution in [0.3, 0.4) is 0 Å². The lowest BCUT2D eigenvalue weighted by atomic mass is 10.1. The van der Waals surface area contributed by atoms with Crippen LogP contribution in [-0.2, 0) is 13.0 Å². The van der Waals surface area contributed by atoms with Crippen LogP contribution in [0, 0.1) is 5.92 Å². The average molecular weight is 309 g/mol. The Morgan fingerprint density at radius 1 is 1.14 bits per heavy atom. The van der Waals surface area contributed by atoms with Crippen LogP contribution in [0.2, 0.25) is 0 Å². The molecule has 4 heteroatoms. The predicted molar refractivity (Wildman–Crippen MR) is 94.9 cm³/mol. The van der Waals surface area contributed by atoms with Crippen molar-refractivity contribution >= 4 is 28.2 Å². The van der Waals surface area contributed by atoms with Gasteiger partial charge in [-0.2, -0.15) is 0 Å². The fraction of sp³-hybridized carbons (Fsp3) is 0.222. The van der Waals surface area contributed by atoms with Crippen molar-refractivity contribution in [2.24, 2.45) is 11.7 Å². The highest BCUT2D eigenvalue weighted by molar-refractivity contribution is 7.80. The van der Waals surface area contributed by atoms with Gasteiger partial charge in [-0.15, -0.1) is 0 Å². The third-order valence-corrected chi connectivity index (χ3v) is 4.28. The van der Waals surface area contributed by atoms with Crippen molar-refractivity contribution < 1.29 is 0 Å². The van der Waals surface area contributed by atoms with Crippen LogP contribution in [0.4, 0.5) is 0 Å². The molecule has 0 aliphatic carbocycles. The number of aromatic nitrogens is 2. The van der Waals surface area contributed by atoms with E-state index in [1.54, 1.807) is 0 Å². The first kappa shape index (κ1) is 14.7. The molecule has 0 radical (unpaired) electrons. The average Bonchev–Trinajstić information content (AvgIpc) is 2.86. The first-order chi connectivity index (χ1) is 10.6. The second kappa shape index (κ2) is 6.28. The Balaban J connectivity index is 2.02. The molecule has 0 saturated heterocycles. The van der Waals surface area contributed by atoms with E-state index in [1.807, 2.05) is 24.3 Å². The van der Waals surface area contributed by atoms with E-state index in [0.717, 1.165) is 29.8 Å². The molecule has 1 heterocycles. The molecule has 0 spiro atoms. The largest absolute Gasteiger partial charge is 0.393 e. The van der Waals surface area contributed by atoms with Crippen molar-refractivity contribution in [3.8, 4) is 0 Å². The number of para-hydroxylation sites is 2. The Morgan fingerprint density at radius 3 is 2.55 bits per heavy atom. The molecular weight excluding hydrogens is 290 g/mol. The van der Waals surface area contributed by atoms with Gasteiger partial charge in [-0.1, -0.05) is 61.6 Å². The zero-order chi connectivity index (χ0) is 15.5. The summed E-state index contributed by atoms with van der Waals surface area (Å²) in [5.74, 6) is 1.19. The van der Waals surface area contributed by atoms with E-state index in [9.17, 15) is 0 Å². The van der Waals surface area contributed by atoms with Gasteiger partial charge in [0, 0.05) is 18.9 Å². The van der Waals surface area contributed by atoms with Gasteiger partial charge in [-0.3, -0.25) is 0 Å². The van der Waals surface area contributed by atoms with E-state index in [0.29, 0.717) is 4.99 Å². The first-order valence-corrected chi connectivity index (χ1v) is 7.83. The summed E-state index contributed by atoms with van der Waals surface area (Å²) in [6.07, 6.45) is 0.805. The van der Waals surface area contributed by atoms with Crippen molar-refractivity contribution in [1.29, 1.82) is 0 Å². The van der Waals surface area contributed by atoms with Crippen molar-refractivity contribution in [2.75, 3.05) is 0 Å².